The SMILES string of the molecule is CCc1ccc(S(=O)(=O)N2CCC3(CC2)NC(Cc2ccccc2)C(=O)N3Cc2ccccc2)cc1. The Kier molecular flexibility index (Phi) is 6.97. The molecule has 1 amide bonds. The van der Waals surface area contributed by atoms with Crippen LogP contribution in [0.2, 0.25) is 0 Å². The second kappa shape index (κ2) is 10.2. The van der Waals surface area contributed by atoms with Gasteiger partial charge in [0, 0.05) is 19.6 Å². The fraction of sp³-hybridized carbons (Fsp3) is 0.345. The molecule has 2 heterocycles. The molecule has 2 aliphatic heterocycles. The van der Waals surface area contributed by atoms with E-state index >= 15 is 0 Å². The van der Waals surface area contributed by atoms with E-state index in [9.17, 15) is 13.2 Å². The van der Waals surface area contributed by atoms with Crippen LogP contribution in [-0.4, -0.2) is 48.3 Å². The van der Waals surface area contributed by atoms with Crippen LogP contribution in [0.4, 0.5) is 0 Å². The lowest BCUT2D eigenvalue weighted by atomic mass is 9.96. The van der Waals surface area contributed by atoms with Gasteiger partial charge in [-0.2, -0.15) is 4.31 Å². The number of nitrogens with one attached hydrogen (secondary N) is 1. The van der Waals surface area contributed by atoms with Gasteiger partial charge in [-0.05, 0) is 54.5 Å². The predicted molar refractivity (Wildman–Crippen MR) is 141 cm³/mol. The van der Waals surface area contributed by atoms with Gasteiger partial charge in [0.2, 0.25) is 15.9 Å². The van der Waals surface area contributed by atoms with Gasteiger partial charge in [0.05, 0.1) is 16.6 Å². The third-order valence-electron chi connectivity index (χ3n) is 7.51. The number of nitrogens with zero attached hydrogens (tertiary/aromatic N) is 2. The average molecular weight is 504 g/mol. The summed E-state index contributed by atoms with van der Waals surface area (Å²) in [5.41, 5.74) is 2.72. The smallest absolute Gasteiger partial charge is 0.243 e. The molecule has 0 bridgehead atoms. The Labute approximate surface area is 214 Å². The third kappa shape index (κ3) is 4.83. The number of carbonyl (C=O) groups is 1. The molecule has 7 heteroatoms. The highest BCUT2D eigenvalue weighted by Crippen LogP contribution is 2.36. The minimum absolute atomic E-state index is 0.0779. The summed E-state index contributed by atoms with van der Waals surface area (Å²) in [6, 6.07) is 26.9. The number of rotatable bonds is 7. The Hall–Kier alpha value is -3.00. The molecular weight excluding hydrogens is 470 g/mol. The number of sulfonamides is 1. The van der Waals surface area contributed by atoms with E-state index in [1.807, 2.05) is 77.7 Å². The van der Waals surface area contributed by atoms with Crippen molar-refractivity contribution in [3.8, 4) is 0 Å². The molecule has 1 spiro atoms. The summed E-state index contributed by atoms with van der Waals surface area (Å²) in [6.45, 7) is 3.28. The number of carbonyl (C=O) groups excluding carboxylic acids is 1. The number of piperidine rings is 1. The van der Waals surface area contributed by atoms with Gasteiger partial charge >= 0.3 is 0 Å². The monoisotopic (exact) mass is 503 g/mol. The van der Waals surface area contributed by atoms with Crippen molar-refractivity contribution in [2.24, 2.45) is 0 Å². The third-order valence-corrected chi connectivity index (χ3v) is 9.42. The molecule has 2 saturated heterocycles. The average Bonchev–Trinajstić information content (AvgIpc) is 3.15. The van der Waals surface area contributed by atoms with Gasteiger partial charge in [-0.1, -0.05) is 79.7 Å². The van der Waals surface area contributed by atoms with Crippen LogP contribution >= 0.6 is 0 Å². The van der Waals surface area contributed by atoms with E-state index in [-0.39, 0.29) is 11.9 Å². The largest absolute Gasteiger partial charge is 0.319 e. The van der Waals surface area contributed by atoms with E-state index < -0.39 is 15.7 Å². The van der Waals surface area contributed by atoms with E-state index in [0.29, 0.717) is 43.8 Å². The summed E-state index contributed by atoms with van der Waals surface area (Å²) < 4.78 is 28.3. The molecule has 0 aliphatic carbocycles. The van der Waals surface area contributed by atoms with Gasteiger partial charge in [0.1, 0.15) is 0 Å². The molecule has 1 unspecified atom stereocenters. The first kappa shape index (κ1) is 24.7. The number of aryl methyl sites for hydroxylation is 1. The number of amides is 1. The molecule has 3 aromatic carbocycles. The first-order chi connectivity index (χ1) is 17.4. The lowest BCUT2D eigenvalue weighted by molar-refractivity contribution is -0.134. The molecule has 3 aromatic rings. The maximum Gasteiger partial charge on any atom is 0.243 e. The van der Waals surface area contributed by atoms with Gasteiger partial charge < -0.3 is 4.90 Å². The second-order valence-corrected chi connectivity index (χ2v) is 11.7. The van der Waals surface area contributed by atoms with Crippen LogP contribution in [-0.2, 0) is 34.2 Å². The predicted octanol–water partition coefficient (Wildman–Crippen LogP) is 3.97. The summed E-state index contributed by atoms with van der Waals surface area (Å²) >= 11 is 0. The highest BCUT2D eigenvalue weighted by molar-refractivity contribution is 7.89. The Morgan fingerprint density at radius 1 is 0.833 bits per heavy atom. The van der Waals surface area contributed by atoms with Crippen molar-refractivity contribution in [2.75, 3.05) is 13.1 Å². The molecule has 0 aromatic heterocycles. The van der Waals surface area contributed by atoms with Gasteiger partial charge in [-0.25, -0.2) is 8.42 Å². The van der Waals surface area contributed by atoms with Gasteiger partial charge in [0.15, 0.2) is 0 Å². The molecule has 2 aliphatic rings. The molecule has 5 rings (SSSR count). The van der Waals surface area contributed by atoms with Crippen molar-refractivity contribution in [3.63, 3.8) is 0 Å². The van der Waals surface area contributed by atoms with Crippen LogP contribution in [0.1, 0.15) is 36.5 Å². The molecule has 0 radical (unpaired) electrons. The van der Waals surface area contributed by atoms with Crippen LogP contribution in [0.25, 0.3) is 0 Å². The number of hydrogen-bond donors (Lipinski definition) is 1. The lowest BCUT2D eigenvalue weighted by Crippen LogP contribution is -2.59. The highest BCUT2D eigenvalue weighted by Gasteiger charge is 2.52. The van der Waals surface area contributed by atoms with Gasteiger partial charge in [-0.15, -0.1) is 0 Å². The zero-order chi connectivity index (χ0) is 25.2. The number of hydrogen-bond acceptors (Lipinski definition) is 4. The van der Waals surface area contributed by atoms with Crippen molar-refractivity contribution in [1.82, 2.24) is 14.5 Å². The fourth-order valence-corrected chi connectivity index (χ4v) is 6.84. The summed E-state index contributed by atoms with van der Waals surface area (Å²) in [4.78, 5) is 16.0. The van der Waals surface area contributed by atoms with Gasteiger partial charge in [-0.3, -0.25) is 10.1 Å². The first-order valence-electron chi connectivity index (χ1n) is 12.7. The minimum Gasteiger partial charge on any atom is -0.319 e. The van der Waals surface area contributed by atoms with Crippen LogP contribution in [0.3, 0.4) is 0 Å². The summed E-state index contributed by atoms with van der Waals surface area (Å²) in [5.74, 6) is 0.0779. The van der Waals surface area contributed by atoms with Crippen LogP contribution in [0.5, 0.6) is 0 Å². The Bertz CT molecular complexity index is 1290. The maximum absolute atomic E-state index is 13.7. The fourth-order valence-electron chi connectivity index (χ4n) is 5.40. The van der Waals surface area contributed by atoms with Crippen molar-refractivity contribution in [2.45, 2.75) is 55.8 Å². The lowest BCUT2D eigenvalue weighted by Gasteiger charge is -2.44. The van der Waals surface area contributed by atoms with E-state index in [1.165, 1.54) is 0 Å². The van der Waals surface area contributed by atoms with Crippen LogP contribution < -0.4 is 5.32 Å². The molecular formula is C29H33N3O3S. The quantitative estimate of drug-likeness (QED) is 0.530. The molecule has 1 atom stereocenters. The van der Waals surface area contributed by atoms with Crippen molar-refractivity contribution in [1.29, 1.82) is 0 Å². The zero-order valence-corrected chi connectivity index (χ0v) is 21.5. The summed E-state index contributed by atoms with van der Waals surface area (Å²) in [6.07, 6.45) is 2.57. The maximum atomic E-state index is 13.7. The highest BCUT2D eigenvalue weighted by atomic mass is 32.2. The van der Waals surface area contributed by atoms with Crippen LogP contribution in [0.15, 0.2) is 89.8 Å². The van der Waals surface area contributed by atoms with E-state index in [4.69, 9.17) is 0 Å². The minimum atomic E-state index is -3.58. The molecule has 0 saturated carbocycles. The topological polar surface area (TPSA) is 69.7 Å². The summed E-state index contributed by atoms with van der Waals surface area (Å²) in [5, 5.41) is 3.66. The second-order valence-electron chi connectivity index (χ2n) is 9.73. The number of benzene rings is 3. The van der Waals surface area contributed by atoms with E-state index in [2.05, 4.69) is 12.2 Å². The summed E-state index contributed by atoms with van der Waals surface area (Å²) in [7, 11) is -3.58. The zero-order valence-electron chi connectivity index (χ0n) is 20.6. The van der Waals surface area contributed by atoms with Crippen molar-refractivity contribution < 1.29 is 13.2 Å². The van der Waals surface area contributed by atoms with E-state index in [1.54, 1.807) is 16.4 Å². The Morgan fingerprint density at radius 2 is 1.42 bits per heavy atom. The first-order valence-corrected chi connectivity index (χ1v) is 14.1. The normalized spacial score (nSPS) is 20.2. The van der Waals surface area contributed by atoms with Crippen molar-refractivity contribution >= 4 is 15.9 Å². The van der Waals surface area contributed by atoms with Crippen LogP contribution in [0, 0.1) is 0 Å². The molecule has 2 fully saturated rings. The molecule has 1 N–H and O–H groups in total. The Morgan fingerprint density at radius 3 is 2.00 bits per heavy atom. The molecule has 6 nitrogen and oxygen atoms in total. The standard InChI is InChI=1S/C29H33N3O3S/c1-2-23-13-15-26(16-14-23)36(34,35)31-19-17-29(18-20-31)30-27(21-24-9-5-3-6-10-24)28(33)32(29)22-25-11-7-4-8-12-25/h3-16,27,30H,2,17-22H2,1H3. The van der Waals surface area contributed by atoms with Gasteiger partial charge in [0.25, 0.3) is 0 Å². The van der Waals surface area contributed by atoms with Crippen molar-refractivity contribution in [3.05, 3.63) is 102 Å². The Balaban J connectivity index is 1.37. The van der Waals surface area contributed by atoms with E-state index in [0.717, 1.165) is 23.1 Å². The molecule has 36 heavy (non-hydrogen) atoms. The molecule has 188 valence electrons.